The van der Waals surface area contributed by atoms with Crippen LogP contribution in [0.2, 0.25) is 5.02 Å². The summed E-state index contributed by atoms with van der Waals surface area (Å²) in [7, 11) is 1.20. The highest BCUT2D eigenvalue weighted by molar-refractivity contribution is 6.31. The SMILES string of the molecule is COC(=O)c1cccc(C(=O)Nc2ccc(Cl)c(C(F)(F)F)c2)c1. The van der Waals surface area contributed by atoms with Crippen LogP contribution in [0.25, 0.3) is 0 Å². The van der Waals surface area contributed by atoms with Crippen LogP contribution in [-0.2, 0) is 10.9 Å². The summed E-state index contributed by atoms with van der Waals surface area (Å²) in [6, 6.07) is 8.65. The van der Waals surface area contributed by atoms with Gasteiger partial charge in [-0.05, 0) is 36.4 Å². The van der Waals surface area contributed by atoms with Crippen molar-refractivity contribution in [2.24, 2.45) is 0 Å². The number of alkyl halides is 3. The Morgan fingerprint density at radius 1 is 1.08 bits per heavy atom. The highest BCUT2D eigenvalue weighted by Crippen LogP contribution is 2.36. The summed E-state index contributed by atoms with van der Waals surface area (Å²) in [4.78, 5) is 23.6. The minimum absolute atomic E-state index is 0.0693. The Hall–Kier alpha value is -2.54. The number of rotatable bonds is 3. The van der Waals surface area contributed by atoms with Gasteiger partial charge in [0.05, 0.1) is 23.3 Å². The molecule has 0 radical (unpaired) electrons. The predicted molar refractivity (Wildman–Crippen MR) is 82.2 cm³/mol. The summed E-state index contributed by atoms with van der Waals surface area (Å²) in [5.41, 5.74) is -0.871. The first-order valence-electron chi connectivity index (χ1n) is 6.59. The minimum atomic E-state index is -4.64. The van der Waals surface area contributed by atoms with E-state index in [9.17, 15) is 22.8 Å². The van der Waals surface area contributed by atoms with E-state index in [-0.39, 0.29) is 16.8 Å². The van der Waals surface area contributed by atoms with Crippen LogP contribution in [0.15, 0.2) is 42.5 Å². The molecule has 0 bridgehead atoms. The Kier molecular flexibility index (Phi) is 5.14. The Morgan fingerprint density at radius 3 is 2.38 bits per heavy atom. The number of halogens is 4. The predicted octanol–water partition coefficient (Wildman–Crippen LogP) is 4.40. The van der Waals surface area contributed by atoms with Crippen LogP contribution in [0, 0.1) is 0 Å². The van der Waals surface area contributed by atoms with Gasteiger partial charge >= 0.3 is 12.1 Å². The third-order valence-corrected chi connectivity index (χ3v) is 3.41. The van der Waals surface area contributed by atoms with E-state index in [0.717, 1.165) is 12.1 Å². The zero-order chi connectivity index (χ0) is 17.9. The number of benzene rings is 2. The van der Waals surface area contributed by atoms with Crippen LogP contribution in [0.4, 0.5) is 18.9 Å². The van der Waals surface area contributed by atoms with Crippen molar-refractivity contribution in [3.05, 3.63) is 64.2 Å². The second kappa shape index (κ2) is 6.92. The van der Waals surface area contributed by atoms with Crippen molar-refractivity contribution >= 4 is 29.2 Å². The number of methoxy groups -OCH3 is 1. The molecule has 0 atom stereocenters. The standard InChI is InChI=1S/C16H11ClF3NO3/c1-24-15(23)10-4-2-3-9(7-10)14(22)21-11-5-6-13(17)12(8-11)16(18,19)20/h2-8H,1H3,(H,21,22). The normalized spacial score (nSPS) is 11.0. The number of nitrogens with one attached hydrogen (secondary N) is 1. The molecule has 0 unspecified atom stereocenters. The van der Waals surface area contributed by atoms with E-state index in [1.807, 2.05) is 0 Å². The zero-order valence-corrected chi connectivity index (χ0v) is 13.0. The zero-order valence-electron chi connectivity index (χ0n) is 12.3. The van der Waals surface area contributed by atoms with E-state index in [1.54, 1.807) is 0 Å². The van der Waals surface area contributed by atoms with Crippen molar-refractivity contribution < 1.29 is 27.5 Å². The Balaban J connectivity index is 2.26. The molecule has 0 aliphatic rings. The third-order valence-electron chi connectivity index (χ3n) is 3.08. The van der Waals surface area contributed by atoms with Crippen molar-refractivity contribution in [2.75, 3.05) is 12.4 Å². The van der Waals surface area contributed by atoms with Crippen LogP contribution in [0.5, 0.6) is 0 Å². The van der Waals surface area contributed by atoms with Gasteiger partial charge in [0.25, 0.3) is 5.91 Å². The molecule has 2 rings (SSSR count). The number of hydrogen-bond acceptors (Lipinski definition) is 3. The summed E-state index contributed by atoms with van der Waals surface area (Å²) in [5.74, 6) is -1.30. The largest absolute Gasteiger partial charge is 0.465 e. The number of carbonyl (C=O) groups is 2. The fourth-order valence-electron chi connectivity index (χ4n) is 1.93. The topological polar surface area (TPSA) is 55.4 Å². The van der Waals surface area contributed by atoms with Gasteiger partial charge in [0.1, 0.15) is 0 Å². The maximum Gasteiger partial charge on any atom is 0.417 e. The fourth-order valence-corrected chi connectivity index (χ4v) is 2.15. The molecule has 2 aromatic rings. The van der Waals surface area contributed by atoms with Crippen molar-refractivity contribution in [3.8, 4) is 0 Å². The van der Waals surface area contributed by atoms with Crippen molar-refractivity contribution in [3.63, 3.8) is 0 Å². The molecule has 0 aromatic heterocycles. The Morgan fingerprint density at radius 2 is 1.75 bits per heavy atom. The molecule has 2 aromatic carbocycles. The van der Waals surface area contributed by atoms with Crippen LogP contribution in [0.1, 0.15) is 26.3 Å². The van der Waals surface area contributed by atoms with Crippen molar-refractivity contribution in [1.82, 2.24) is 0 Å². The molecule has 0 saturated heterocycles. The molecule has 24 heavy (non-hydrogen) atoms. The van der Waals surface area contributed by atoms with Crippen LogP contribution in [0.3, 0.4) is 0 Å². The van der Waals surface area contributed by atoms with Crippen LogP contribution in [-0.4, -0.2) is 19.0 Å². The first kappa shape index (κ1) is 17.8. The van der Waals surface area contributed by atoms with Gasteiger partial charge < -0.3 is 10.1 Å². The molecule has 0 heterocycles. The van der Waals surface area contributed by atoms with Gasteiger partial charge in [0.15, 0.2) is 0 Å². The van der Waals surface area contributed by atoms with Crippen molar-refractivity contribution in [1.29, 1.82) is 0 Å². The summed E-state index contributed by atoms with van der Waals surface area (Å²) in [5, 5.41) is 1.87. The summed E-state index contributed by atoms with van der Waals surface area (Å²) < 4.78 is 43.0. The molecule has 0 fully saturated rings. The number of carbonyl (C=O) groups excluding carboxylic acids is 2. The van der Waals surface area contributed by atoms with E-state index < -0.39 is 28.6 Å². The summed E-state index contributed by atoms with van der Waals surface area (Å²) >= 11 is 5.52. The highest BCUT2D eigenvalue weighted by Gasteiger charge is 2.33. The van der Waals surface area contributed by atoms with E-state index in [4.69, 9.17) is 11.6 Å². The Bertz CT molecular complexity index is 790. The highest BCUT2D eigenvalue weighted by atomic mass is 35.5. The van der Waals surface area contributed by atoms with Gasteiger partial charge in [-0.15, -0.1) is 0 Å². The number of anilines is 1. The molecule has 0 aliphatic carbocycles. The second-order valence-electron chi connectivity index (χ2n) is 4.72. The molecule has 126 valence electrons. The molecular formula is C16H11ClF3NO3. The average molecular weight is 358 g/mol. The van der Waals surface area contributed by atoms with Crippen LogP contribution < -0.4 is 5.32 Å². The van der Waals surface area contributed by atoms with Gasteiger partial charge in [-0.1, -0.05) is 17.7 Å². The van der Waals surface area contributed by atoms with E-state index in [2.05, 4.69) is 10.1 Å². The quantitative estimate of drug-likeness (QED) is 0.828. The van der Waals surface area contributed by atoms with E-state index in [1.165, 1.54) is 37.4 Å². The first-order chi connectivity index (χ1) is 11.2. The number of ether oxygens (including phenoxy) is 1. The monoisotopic (exact) mass is 357 g/mol. The van der Waals surface area contributed by atoms with Crippen LogP contribution >= 0.6 is 11.6 Å². The molecule has 0 saturated carbocycles. The minimum Gasteiger partial charge on any atom is -0.465 e. The molecule has 0 spiro atoms. The number of hydrogen-bond donors (Lipinski definition) is 1. The van der Waals surface area contributed by atoms with Gasteiger partial charge in [-0.3, -0.25) is 4.79 Å². The lowest BCUT2D eigenvalue weighted by Gasteiger charge is -2.12. The van der Waals surface area contributed by atoms with Gasteiger partial charge in [-0.25, -0.2) is 4.79 Å². The molecule has 1 N–H and O–H groups in total. The maximum atomic E-state index is 12.8. The molecule has 0 aliphatic heterocycles. The molecule has 4 nitrogen and oxygen atoms in total. The van der Waals surface area contributed by atoms with Gasteiger partial charge in [-0.2, -0.15) is 13.2 Å². The fraction of sp³-hybridized carbons (Fsp3) is 0.125. The van der Waals surface area contributed by atoms with E-state index in [0.29, 0.717) is 0 Å². The average Bonchev–Trinajstić information content (AvgIpc) is 2.55. The molecule has 8 heteroatoms. The molecular weight excluding hydrogens is 347 g/mol. The molecule has 1 amide bonds. The van der Waals surface area contributed by atoms with E-state index >= 15 is 0 Å². The van der Waals surface area contributed by atoms with Crippen molar-refractivity contribution in [2.45, 2.75) is 6.18 Å². The lowest BCUT2D eigenvalue weighted by atomic mass is 10.1. The summed E-state index contributed by atoms with van der Waals surface area (Å²) in [6.45, 7) is 0. The smallest absolute Gasteiger partial charge is 0.417 e. The lowest BCUT2D eigenvalue weighted by molar-refractivity contribution is -0.137. The lowest BCUT2D eigenvalue weighted by Crippen LogP contribution is -2.14. The second-order valence-corrected chi connectivity index (χ2v) is 5.13. The summed E-state index contributed by atoms with van der Waals surface area (Å²) in [6.07, 6.45) is -4.64. The third kappa shape index (κ3) is 4.05. The number of esters is 1. The number of amides is 1. The Labute approximate surface area is 140 Å². The van der Waals surface area contributed by atoms with Gasteiger partial charge in [0, 0.05) is 11.3 Å². The van der Waals surface area contributed by atoms with Gasteiger partial charge in [0.2, 0.25) is 0 Å². The maximum absolute atomic E-state index is 12.8. The first-order valence-corrected chi connectivity index (χ1v) is 6.96.